The van der Waals surface area contributed by atoms with Crippen molar-refractivity contribution in [2.24, 2.45) is 5.92 Å². The molecule has 1 aromatic heterocycles. The Morgan fingerprint density at radius 1 is 1.17 bits per heavy atom. The molecule has 0 radical (unpaired) electrons. The van der Waals surface area contributed by atoms with Crippen LogP contribution in [0.2, 0.25) is 0 Å². The summed E-state index contributed by atoms with van der Waals surface area (Å²) in [5, 5.41) is 11.0. The molecular formula is C15H17BrN2. The summed E-state index contributed by atoms with van der Waals surface area (Å²) in [7, 11) is 0. The Morgan fingerprint density at radius 3 is 2.83 bits per heavy atom. The minimum atomic E-state index is 0.808. The van der Waals surface area contributed by atoms with Crippen LogP contribution in [0.25, 0.3) is 10.8 Å². The maximum absolute atomic E-state index is 4.37. The molecule has 3 heteroatoms. The van der Waals surface area contributed by atoms with Crippen LogP contribution in [0.15, 0.2) is 28.9 Å². The lowest BCUT2D eigenvalue weighted by molar-refractivity contribution is 0.354. The fourth-order valence-electron chi connectivity index (χ4n) is 2.93. The number of hydrogen-bond acceptors (Lipinski definition) is 2. The zero-order valence-electron chi connectivity index (χ0n) is 10.4. The van der Waals surface area contributed by atoms with Gasteiger partial charge in [-0.25, -0.2) is 0 Å². The average Bonchev–Trinajstić information content (AvgIpc) is 2.40. The first-order valence-corrected chi connectivity index (χ1v) is 7.52. The van der Waals surface area contributed by atoms with Gasteiger partial charge in [0.15, 0.2) is 0 Å². The molecule has 0 unspecified atom stereocenters. The van der Waals surface area contributed by atoms with Crippen molar-refractivity contribution >= 4 is 26.7 Å². The smallest absolute Gasteiger partial charge is 0.0712 e. The molecule has 1 aliphatic carbocycles. The van der Waals surface area contributed by atoms with E-state index in [0.29, 0.717) is 0 Å². The molecule has 0 atom stereocenters. The molecule has 1 aromatic carbocycles. The number of hydrogen-bond donors (Lipinski definition) is 0. The van der Waals surface area contributed by atoms with Gasteiger partial charge in [-0.1, -0.05) is 54.1 Å². The Hall–Kier alpha value is -0.960. The molecule has 0 aliphatic heterocycles. The van der Waals surface area contributed by atoms with Crippen LogP contribution in [0.1, 0.15) is 37.8 Å². The van der Waals surface area contributed by atoms with Crippen molar-refractivity contribution in [1.29, 1.82) is 0 Å². The molecule has 1 fully saturated rings. The Labute approximate surface area is 116 Å². The van der Waals surface area contributed by atoms with Gasteiger partial charge in [0.05, 0.1) is 11.9 Å². The van der Waals surface area contributed by atoms with E-state index in [1.54, 1.807) is 0 Å². The SMILES string of the molecule is Brc1ccc2c(CC3CCCCC3)nncc2c1. The molecule has 3 rings (SSSR count). The monoisotopic (exact) mass is 304 g/mol. The van der Waals surface area contributed by atoms with E-state index in [4.69, 9.17) is 0 Å². The van der Waals surface area contributed by atoms with Gasteiger partial charge in [0.2, 0.25) is 0 Å². The molecule has 18 heavy (non-hydrogen) atoms. The van der Waals surface area contributed by atoms with Crippen LogP contribution in [0, 0.1) is 5.92 Å². The van der Waals surface area contributed by atoms with Gasteiger partial charge >= 0.3 is 0 Å². The second-order valence-electron chi connectivity index (χ2n) is 5.23. The predicted molar refractivity (Wildman–Crippen MR) is 77.5 cm³/mol. The van der Waals surface area contributed by atoms with Gasteiger partial charge in [0, 0.05) is 15.2 Å². The van der Waals surface area contributed by atoms with E-state index in [2.05, 4.69) is 44.3 Å². The highest BCUT2D eigenvalue weighted by molar-refractivity contribution is 9.10. The highest BCUT2D eigenvalue weighted by Crippen LogP contribution is 2.29. The van der Waals surface area contributed by atoms with Crippen LogP contribution < -0.4 is 0 Å². The third-order valence-electron chi connectivity index (χ3n) is 3.91. The van der Waals surface area contributed by atoms with Crippen molar-refractivity contribution in [3.05, 3.63) is 34.6 Å². The topological polar surface area (TPSA) is 25.8 Å². The summed E-state index contributed by atoms with van der Waals surface area (Å²) in [6.45, 7) is 0. The van der Waals surface area contributed by atoms with E-state index in [1.165, 1.54) is 48.6 Å². The molecule has 0 bridgehead atoms. The number of aromatic nitrogens is 2. The second-order valence-corrected chi connectivity index (χ2v) is 6.15. The highest BCUT2D eigenvalue weighted by atomic mass is 79.9. The first kappa shape index (κ1) is 12.1. The molecule has 2 nitrogen and oxygen atoms in total. The summed E-state index contributed by atoms with van der Waals surface area (Å²) in [5.41, 5.74) is 1.17. The van der Waals surface area contributed by atoms with Crippen molar-refractivity contribution in [1.82, 2.24) is 10.2 Å². The predicted octanol–water partition coefficient (Wildman–Crippen LogP) is 4.52. The van der Waals surface area contributed by atoms with Crippen molar-refractivity contribution in [2.45, 2.75) is 38.5 Å². The lowest BCUT2D eigenvalue weighted by Crippen LogP contribution is -2.11. The van der Waals surface area contributed by atoms with Crippen LogP contribution in [0.3, 0.4) is 0 Å². The quantitative estimate of drug-likeness (QED) is 0.815. The lowest BCUT2D eigenvalue weighted by Gasteiger charge is -2.21. The fraction of sp³-hybridized carbons (Fsp3) is 0.467. The van der Waals surface area contributed by atoms with Crippen LogP contribution >= 0.6 is 15.9 Å². The van der Waals surface area contributed by atoms with E-state index in [1.807, 2.05) is 6.20 Å². The number of fused-ring (bicyclic) bond motifs is 1. The summed E-state index contributed by atoms with van der Waals surface area (Å²) in [4.78, 5) is 0. The molecule has 1 heterocycles. The number of rotatable bonds is 2. The Kier molecular flexibility index (Phi) is 3.59. The third kappa shape index (κ3) is 2.56. The highest BCUT2D eigenvalue weighted by Gasteiger charge is 2.16. The van der Waals surface area contributed by atoms with E-state index in [9.17, 15) is 0 Å². The maximum atomic E-state index is 4.37. The number of halogens is 1. The van der Waals surface area contributed by atoms with E-state index in [0.717, 1.165) is 16.8 Å². The number of nitrogens with zero attached hydrogens (tertiary/aromatic N) is 2. The van der Waals surface area contributed by atoms with Crippen LogP contribution in [-0.2, 0) is 6.42 Å². The van der Waals surface area contributed by atoms with Gasteiger partial charge in [0.1, 0.15) is 0 Å². The summed E-state index contributed by atoms with van der Waals surface area (Å²) >= 11 is 3.51. The van der Waals surface area contributed by atoms with Crippen molar-refractivity contribution < 1.29 is 0 Å². The normalized spacial score (nSPS) is 17.2. The third-order valence-corrected chi connectivity index (χ3v) is 4.40. The first-order valence-electron chi connectivity index (χ1n) is 6.73. The minimum absolute atomic E-state index is 0.808. The van der Waals surface area contributed by atoms with E-state index >= 15 is 0 Å². The van der Waals surface area contributed by atoms with Crippen LogP contribution in [0.4, 0.5) is 0 Å². The first-order chi connectivity index (χ1) is 8.83. The van der Waals surface area contributed by atoms with Crippen molar-refractivity contribution in [3.8, 4) is 0 Å². The second kappa shape index (κ2) is 5.35. The maximum Gasteiger partial charge on any atom is 0.0712 e. The molecule has 0 saturated heterocycles. The molecule has 0 amide bonds. The standard InChI is InChI=1S/C15H17BrN2/c16-13-6-7-14-12(9-13)10-17-18-15(14)8-11-4-2-1-3-5-11/h6-7,9-11H,1-5,8H2. The van der Waals surface area contributed by atoms with Gasteiger partial charge < -0.3 is 0 Å². The Balaban J connectivity index is 1.91. The zero-order valence-corrected chi connectivity index (χ0v) is 12.0. The minimum Gasteiger partial charge on any atom is -0.158 e. The van der Waals surface area contributed by atoms with Crippen LogP contribution in [-0.4, -0.2) is 10.2 Å². The summed E-state index contributed by atoms with van der Waals surface area (Å²) in [5.74, 6) is 0.808. The summed E-state index contributed by atoms with van der Waals surface area (Å²) in [6, 6.07) is 6.37. The Bertz CT molecular complexity index is 547. The Morgan fingerprint density at radius 2 is 2.00 bits per heavy atom. The molecular weight excluding hydrogens is 288 g/mol. The largest absolute Gasteiger partial charge is 0.158 e. The zero-order chi connectivity index (χ0) is 12.4. The molecule has 0 spiro atoms. The molecule has 94 valence electrons. The van der Waals surface area contributed by atoms with E-state index < -0.39 is 0 Å². The van der Waals surface area contributed by atoms with Gasteiger partial charge in [-0.05, 0) is 24.5 Å². The molecule has 1 aliphatic rings. The molecule has 0 N–H and O–H groups in total. The fourth-order valence-corrected chi connectivity index (χ4v) is 3.31. The average molecular weight is 305 g/mol. The number of benzene rings is 1. The van der Waals surface area contributed by atoms with Crippen LogP contribution in [0.5, 0.6) is 0 Å². The molecule has 2 aromatic rings. The summed E-state index contributed by atoms with van der Waals surface area (Å²) in [6.07, 6.45) is 9.83. The van der Waals surface area contributed by atoms with Gasteiger partial charge in [0.25, 0.3) is 0 Å². The molecule has 1 saturated carbocycles. The van der Waals surface area contributed by atoms with E-state index in [-0.39, 0.29) is 0 Å². The van der Waals surface area contributed by atoms with Crippen molar-refractivity contribution in [2.75, 3.05) is 0 Å². The summed E-state index contributed by atoms with van der Waals surface area (Å²) < 4.78 is 1.10. The van der Waals surface area contributed by atoms with Crippen molar-refractivity contribution in [3.63, 3.8) is 0 Å². The van der Waals surface area contributed by atoms with Gasteiger partial charge in [-0.2, -0.15) is 10.2 Å². The van der Waals surface area contributed by atoms with Gasteiger partial charge in [-0.15, -0.1) is 0 Å². The van der Waals surface area contributed by atoms with Gasteiger partial charge in [-0.3, -0.25) is 0 Å². The lowest BCUT2D eigenvalue weighted by atomic mass is 9.85.